The molecule has 1 amide bonds. The fraction of sp³-hybridized carbons (Fsp3) is 0.833. The van der Waals surface area contributed by atoms with E-state index in [0.29, 0.717) is 12.8 Å². The number of hydrogen-bond acceptors (Lipinski definition) is 2. The summed E-state index contributed by atoms with van der Waals surface area (Å²) in [6, 6.07) is 0. The molecule has 1 radical (unpaired) electrons. The third-order valence-electron chi connectivity index (χ3n) is 2.29. The molecule has 0 saturated carbocycles. The average Bonchev–Trinajstić information content (AvgIpc) is 2.23. The van der Waals surface area contributed by atoms with Gasteiger partial charge >= 0.3 is 0 Å². The maximum atomic E-state index is 11.2. The summed E-state index contributed by atoms with van der Waals surface area (Å²) in [4.78, 5) is 21.1. The molecule has 3 nitrogen and oxygen atoms in total. The van der Waals surface area contributed by atoms with Gasteiger partial charge in [-0.1, -0.05) is 26.2 Å². The Morgan fingerprint density at radius 2 is 1.93 bits per heavy atom. The van der Waals surface area contributed by atoms with Gasteiger partial charge in [0.1, 0.15) is 0 Å². The van der Waals surface area contributed by atoms with E-state index in [1.54, 1.807) is 0 Å². The Labute approximate surface area is 92.6 Å². The molecule has 0 aliphatic heterocycles. The molecule has 0 aromatic carbocycles. The summed E-state index contributed by atoms with van der Waals surface area (Å²) in [6.45, 7) is 2.87. The normalized spacial score (nSPS) is 9.93. The van der Waals surface area contributed by atoms with E-state index in [9.17, 15) is 9.59 Å². The molecular formula is C12H22NO2. The molecule has 0 atom stereocenters. The minimum atomic E-state index is 0.158. The predicted octanol–water partition coefficient (Wildman–Crippen LogP) is 2.35. The Balaban J connectivity index is 3.13. The predicted molar refractivity (Wildman–Crippen MR) is 61.3 cm³/mol. The first-order valence-corrected chi connectivity index (χ1v) is 5.93. The molecule has 1 N–H and O–H groups in total. The number of carbonyl (C=O) groups is 1. The first kappa shape index (κ1) is 14.1. The summed E-state index contributed by atoms with van der Waals surface area (Å²) in [6.07, 6.45) is 9.13. The van der Waals surface area contributed by atoms with Crippen molar-refractivity contribution in [3.8, 4) is 0 Å². The van der Waals surface area contributed by atoms with Crippen LogP contribution >= 0.6 is 0 Å². The Kier molecular flexibility index (Phi) is 10.6. The molecular weight excluding hydrogens is 190 g/mol. The van der Waals surface area contributed by atoms with Gasteiger partial charge in [-0.3, -0.25) is 9.59 Å². The maximum Gasteiger partial charge on any atom is 0.219 e. The minimum Gasteiger partial charge on any atom is -0.356 e. The third kappa shape index (κ3) is 11.1. The Morgan fingerprint density at radius 3 is 2.60 bits per heavy atom. The summed E-state index contributed by atoms with van der Waals surface area (Å²) in [5, 5.41) is 2.88. The fourth-order valence-corrected chi connectivity index (χ4v) is 1.35. The van der Waals surface area contributed by atoms with Crippen LogP contribution in [0.25, 0.3) is 0 Å². The molecule has 0 aliphatic carbocycles. The summed E-state index contributed by atoms with van der Waals surface area (Å²) in [7, 11) is 0. The average molecular weight is 212 g/mol. The lowest BCUT2D eigenvalue weighted by Gasteiger charge is -2.03. The number of rotatable bonds is 10. The van der Waals surface area contributed by atoms with Crippen LogP contribution in [0.3, 0.4) is 0 Å². The van der Waals surface area contributed by atoms with Crippen molar-refractivity contribution in [1.29, 1.82) is 0 Å². The highest BCUT2D eigenvalue weighted by Gasteiger charge is 1.99. The molecule has 0 bridgehead atoms. The molecule has 0 saturated heterocycles. The Bertz CT molecular complexity index is 169. The highest BCUT2D eigenvalue weighted by molar-refractivity contribution is 5.75. The number of hydrogen-bond donors (Lipinski definition) is 1. The maximum absolute atomic E-state index is 11.2. The highest BCUT2D eigenvalue weighted by Crippen LogP contribution is 1.99. The number of amides is 1. The van der Waals surface area contributed by atoms with E-state index < -0.39 is 0 Å². The molecule has 0 aromatic heterocycles. The van der Waals surface area contributed by atoms with Crippen molar-refractivity contribution in [2.24, 2.45) is 0 Å². The molecule has 3 heteroatoms. The second-order valence-electron chi connectivity index (χ2n) is 3.76. The molecule has 87 valence electrons. The van der Waals surface area contributed by atoms with Crippen LogP contribution < -0.4 is 5.32 Å². The van der Waals surface area contributed by atoms with Gasteiger partial charge in [-0.25, -0.2) is 0 Å². The van der Waals surface area contributed by atoms with Gasteiger partial charge in [-0.05, 0) is 19.3 Å². The summed E-state index contributed by atoms with van der Waals surface area (Å²) in [5.74, 6) is 0.158. The van der Waals surface area contributed by atoms with E-state index in [1.165, 1.54) is 0 Å². The molecule has 0 unspecified atom stereocenters. The quantitative estimate of drug-likeness (QED) is 0.565. The topological polar surface area (TPSA) is 46.2 Å². The van der Waals surface area contributed by atoms with Crippen molar-refractivity contribution < 1.29 is 9.59 Å². The molecule has 0 spiro atoms. The molecule has 0 heterocycles. The van der Waals surface area contributed by atoms with Crippen LogP contribution in [-0.2, 0) is 9.59 Å². The van der Waals surface area contributed by atoms with Gasteiger partial charge in [0.2, 0.25) is 5.91 Å². The fourth-order valence-electron chi connectivity index (χ4n) is 1.35. The van der Waals surface area contributed by atoms with Gasteiger partial charge in [0.05, 0.1) is 0 Å². The molecule has 0 aliphatic rings. The number of carbonyl (C=O) groups excluding carboxylic acids is 2. The van der Waals surface area contributed by atoms with Crippen LogP contribution in [-0.4, -0.2) is 18.7 Å². The lowest BCUT2D eigenvalue weighted by molar-refractivity contribution is -0.121. The van der Waals surface area contributed by atoms with Crippen molar-refractivity contribution in [3.63, 3.8) is 0 Å². The highest BCUT2D eigenvalue weighted by atomic mass is 16.1. The van der Waals surface area contributed by atoms with Crippen LogP contribution in [0.1, 0.15) is 58.3 Å². The van der Waals surface area contributed by atoms with Crippen LogP contribution in [0.15, 0.2) is 0 Å². The zero-order valence-electron chi connectivity index (χ0n) is 9.68. The van der Waals surface area contributed by atoms with Crippen molar-refractivity contribution in [3.05, 3.63) is 0 Å². The summed E-state index contributed by atoms with van der Waals surface area (Å²) >= 11 is 0. The monoisotopic (exact) mass is 212 g/mol. The van der Waals surface area contributed by atoms with Crippen molar-refractivity contribution in [2.75, 3.05) is 6.54 Å². The number of unbranched alkanes of at least 4 members (excludes halogenated alkanes) is 5. The zero-order chi connectivity index (χ0) is 11.4. The van der Waals surface area contributed by atoms with Gasteiger partial charge in [0.15, 0.2) is 6.29 Å². The van der Waals surface area contributed by atoms with Crippen LogP contribution in [0.2, 0.25) is 0 Å². The van der Waals surface area contributed by atoms with E-state index in [4.69, 9.17) is 0 Å². The molecule has 15 heavy (non-hydrogen) atoms. The van der Waals surface area contributed by atoms with Crippen LogP contribution in [0.4, 0.5) is 0 Å². The first-order valence-electron chi connectivity index (χ1n) is 5.93. The Hall–Kier alpha value is -0.860. The van der Waals surface area contributed by atoms with Gasteiger partial charge in [-0.15, -0.1) is 0 Å². The number of nitrogens with one attached hydrogen (secondary N) is 1. The molecule has 0 rings (SSSR count). The van der Waals surface area contributed by atoms with E-state index >= 15 is 0 Å². The standard InChI is InChI=1S/C12H22NO2/c1-2-3-6-9-12(15)13-10-7-4-5-8-11-14/h2-10H2,1H3,(H,13,15). The van der Waals surface area contributed by atoms with Crippen molar-refractivity contribution >= 4 is 12.2 Å². The van der Waals surface area contributed by atoms with Gasteiger partial charge in [-0.2, -0.15) is 0 Å². The summed E-state index contributed by atoms with van der Waals surface area (Å²) < 4.78 is 0. The minimum absolute atomic E-state index is 0.158. The van der Waals surface area contributed by atoms with Crippen LogP contribution in [0, 0.1) is 0 Å². The third-order valence-corrected chi connectivity index (χ3v) is 2.29. The lowest BCUT2D eigenvalue weighted by atomic mass is 10.2. The Morgan fingerprint density at radius 1 is 1.13 bits per heavy atom. The second-order valence-corrected chi connectivity index (χ2v) is 3.76. The van der Waals surface area contributed by atoms with E-state index in [2.05, 4.69) is 12.2 Å². The second kappa shape index (κ2) is 11.2. The van der Waals surface area contributed by atoms with E-state index in [-0.39, 0.29) is 5.91 Å². The van der Waals surface area contributed by atoms with E-state index in [1.807, 2.05) is 6.29 Å². The zero-order valence-corrected chi connectivity index (χ0v) is 9.68. The van der Waals surface area contributed by atoms with Crippen molar-refractivity contribution in [2.45, 2.75) is 58.3 Å². The SMILES string of the molecule is CCCCCC(=O)NCCCCC[C]=O. The van der Waals surface area contributed by atoms with Gasteiger partial charge in [0.25, 0.3) is 0 Å². The largest absolute Gasteiger partial charge is 0.356 e. The van der Waals surface area contributed by atoms with E-state index in [0.717, 1.165) is 45.1 Å². The lowest BCUT2D eigenvalue weighted by Crippen LogP contribution is -2.23. The smallest absolute Gasteiger partial charge is 0.219 e. The molecule has 0 aromatic rings. The summed E-state index contributed by atoms with van der Waals surface area (Å²) in [5.41, 5.74) is 0. The van der Waals surface area contributed by atoms with Crippen molar-refractivity contribution in [1.82, 2.24) is 5.32 Å². The molecule has 0 fully saturated rings. The van der Waals surface area contributed by atoms with Gasteiger partial charge in [0, 0.05) is 19.4 Å². The van der Waals surface area contributed by atoms with Gasteiger partial charge < -0.3 is 5.32 Å². The first-order chi connectivity index (χ1) is 7.31. The van der Waals surface area contributed by atoms with Crippen LogP contribution in [0.5, 0.6) is 0 Å².